The normalized spacial score (nSPS) is 16.8. The molecule has 1 amide bonds. The third-order valence-electron chi connectivity index (χ3n) is 3.34. The van der Waals surface area contributed by atoms with Crippen molar-refractivity contribution in [3.8, 4) is 0 Å². The molecule has 0 atom stereocenters. The van der Waals surface area contributed by atoms with E-state index < -0.39 is 5.60 Å². The Hall–Kier alpha value is -1.25. The molecule has 8 heteroatoms. The van der Waals surface area contributed by atoms with Crippen molar-refractivity contribution < 1.29 is 9.53 Å². The molecule has 1 aromatic heterocycles. The number of piperazine rings is 1. The molecule has 1 saturated heterocycles. The summed E-state index contributed by atoms with van der Waals surface area (Å²) in [6.07, 6.45) is -0.207. The number of amides is 1. The third-order valence-corrected chi connectivity index (χ3v) is 3.89. The molecule has 0 bridgehead atoms. The van der Waals surface area contributed by atoms with E-state index in [1.54, 1.807) is 4.90 Å². The first-order valence-corrected chi connectivity index (χ1v) is 8.44. The van der Waals surface area contributed by atoms with Gasteiger partial charge in [-0.3, -0.25) is 4.90 Å². The topological polar surface area (TPSA) is 70.6 Å². The fourth-order valence-corrected chi connectivity index (χ4v) is 2.65. The Morgan fingerprint density at radius 3 is 2.68 bits per heavy atom. The van der Waals surface area contributed by atoms with Crippen molar-refractivity contribution in [1.29, 1.82) is 0 Å². The smallest absolute Gasteiger partial charge is 0.410 e. The number of carbonyl (C=O) groups is 1. The summed E-state index contributed by atoms with van der Waals surface area (Å²) in [5.41, 5.74) is 0.558. The van der Waals surface area contributed by atoms with E-state index in [1.165, 1.54) is 11.5 Å². The predicted molar refractivity (Wildman–Crippen MR) is 85.9 cm³/mol. The molecule has 1 fully saturated rings. The zero-order valence-corrected chi connectivity index (χ0v) is 14.4. The quantitative estimate of drug-likeness (QED) is 0.819. The van der Waals surface area contributed by atoms with Gasteiger partial charge in [-0.05, 0) is 32.3 Å². The number of rotatable bonds is 5. The number of carbonyl (C=O) groups excluding carboxylic acids is 1. The molecule has 0 aliphatic carbocycles. The lowest BCUT2D eigenvalue weighted by Crippen LogP contribution is -2.51. The molecule has 22 heavy (non-hydrogen) atoms. The molecule has 0 unspecified atom stereocenters. The van der Waals surface area contributed by atoms with Crippen molar-refractivity contribution in [2.75, 3.05) is 39.3 Å². The Morgan fingerprint density at radius 1 is 1.36 bits per heavy atom. The zero-order chi connectivity index (χ0) is 16.0. The molecule has 7 nitrogen and oxygen atoms in total. The maximum atomic E-state index is 12.0. The molecule has 1 aliphatic rings. The summed E-state index contributed by atoms with van der Waals surface area (Å²) < 4.78 is 9.23. The summed E-state index contributed by atoms with van der Waals surface area (Å²) in [6, 6.07) is 0. The summed E-state index contributed by atoms with van der Waals surface area (Å²) >= 11 is 1.37. The van der Waals surface area contributed by atoms with Crippen LogP contribution in [0.4, 0.5) is 4.79 Å². The second kappa shape index (κ2) is 7.85. The zero-order valence-electron chi connectivity index (χ0n) is 13.5. The number of nitrogens with one attached hydrogen (secondary N) is 1. The molecular formula is C14H25N5O2S. The van der Waals surface area contributed by atoms with Gasteiger partial charge in [0.2, 0.25) is 0 Å². The SMILES string of the molecule is CC(C)(C)OC(=O)N1CCN(CCNCc2csnn2)CC1. The van der Waals surface area contributed by atoms with Gasteiger partial charge in [0.25, 0.3) is 0 Å². The predicted octanol–water partition coefficient (Wildman–Crippen LogP) is 1.18. The molecular weight excluding hydrogens is 302 g/mol. The van der Waals surface area contributed by atoms with Crippen LogP contribution in [-0.2, 0) is 11.3 Å². The highest BCUT2D eigenvalue weighted by Gasteiger charge is 2.25. The molecule has 0 aromatic carbocycles. The van der Waals surface area contributed by atoms with Crippen molar-refractivity contribution in [3.05, 3.63) is 11.1 Å². The first-order valence-electron chi connectivity index (χ1n) is 7.61. The second-order valence-corrected chi connectivity index (χ2v) is 6.99. The van der Waals surface area contributed by atoms with E-state index in [0.29, 0.717) is 0 Å². The minimum atomic E-state index is -0.428. The highest BCUT2D eigenvalue weighted by molar-refractivity contribution is 7.03. The molecule has 2 heterocycles. The van der Waals surface area contributed by atoms with E-state index in [1.807, 2.05) is 26.2 Å². The van der Waals surface area contributed by atoms with E-state index in [2.05, 4.69) is 19.8 Å². The average Bonchev–Trinajstić information content (AvgIpc) is 2.95. The van der Waals surface area contributed by atoms with Gasteiger partial charge in [0.15, 0.2) is 0 Å². The Kier molecular flexibility index (Phi) is 6.10. The first kappa shape index (κ1) is 17.1. The van der Waals surface area contributed by atoms with Gasteiger partial charge in [0, 0.05) is 51.2 Å². The molecule has 124 valence electrons. The molecule has 0 radical (unpaired) electrons. The second-order valence-electron chi connectivity index (χ2n) is 6.38. The van der Waals surface area contributed by atoms with Gasteiger partial charge in [0.1, 0.15) is 5.60 Å². The van der Waals surface area contributed by atoms with E-state index in [4.69, 9.17) is 4.74 Å². The van der Waals surface area contributed by atoms with Gasteiger partial charge in [-0.1, -0.05) is 4.49 Å². The lowest BCUT2D eigenvalue weighted by atomic mass is 10.2. The Bertz CT molecular complexity index is 452. The standard InChI is InChI=1S/C14H25N5O2S/c1-14(2,3)21-13(20)19-8-6-18(7-9-19)5-4-15-10-12-11-22-17-16-12/h11,15H,4-10H2,1-3H3. The fourth-order valence-electron chi connectivity index (χ4n) is 2.20. The highest BCUT2D eigenvalue weighted by atomic mass is 32.1. The maximum Gasteiger partial charge on any atom is 0.410 e. The first-order chi connectivity index (χ1) is 10.4. The molecule has 1 aromatic rings. The summed E-state index contributed by atoms with van der Waals surface area (Å²) in [4.78, 5) is 16.1. The van der Waals surface area contributed by atoms with Gasteiger partial charge in [-0.25, -0.2) is 4.79 Å². The van der Waals surface area contributed by atoms with Gasteiger partial charge >= 0.3 is 6.09 Å². The Balaban J connectivity index is 1.59. The minimum Gasteiger partial charge on any atom is -0.444 e. The van der Waals surface area contributed by atoms with Crippen LogP contribution in [0.25, 0.3) is 0 Å². The molecule has 1 aliphatic heterocycles. The minimum absolute atomic E-state index is 0.207. The lowest BCUT2D eigenvalue weighted by molar-refractivity contribution is 0.0146. The van der Waals surface area contributed by atoms with Crippen molar-refractivity contribution in [2.45, 2.75) is 32.9 Å². The lowest BCUT2D eigenvalue weighted by Gasteiger charge is -2.35. The van der Waals surface area contributed by atoms with Gasteiger partial charge < -0.3 is 15.0 Å². The Morgan fingerprint density at radius 2 is 2.09 bits per heavy atom. The summed E-state index contributed by atoms with van der Waals surface area (Å²) in [5, 5.41) is 9.30. The van der Waals surface area contributed by atoms with E-state index in [0.717, 1.165) is 51.5 Å². The van der Waals surface area contributed by atoms with Crippen LogP contribution in [0.15, 0.2) is 5.38 Å². The van der Waals surface area contributed by atoms with E-state index >= 15 is 0 Å². The largest absolute Gasteiger partial charge is 0.444 e. The van der Waals surface area contributed by atoms with E-state index in [9.17, 15) is 4.79 Å². The van der Waals surface area contributed by atoms with Gasteiger partial charge in [0.05, 0.1) is 5.69 Å². The monoisotopic (exact) mass is 327 g/mol. The Labute approximate surface area is 135 Å². The number of hydrogen-bond donors (Lipinski definition) is 1. The van der Waals surface area contributed by atoms with Crippen molar-refractivity contribution in [3.63, 3.8) is 0 Å². The fraction of sp³-hybridized carbons (Fsp3) is 0.786. The van der Waals surface area contributed by atoms with Crippen LogP contribution in [0.1, 0.15) is 26.5 Å². The molecule has 1 N–H and O–H groups in total. The molecule has 0 saturated carbocycles. The third kappa shape index (κ3) is 5.86. The van der Waals surface area contributed by atoms with Crippen molar-refractivity contribution in [1.82, 2.24) is 24.7 Å². The number of ether oxygens (including phenoxy) is 1. The van der Waals surface area contributed by atoms with Crippen LogP contribution in [-0.4, -0.2) is 70.3 Å². The summed E-state index contributed by atoms with van der Waals surface area (Å²) in [5.74, 6) is 0. The maximum absolute atomic E-state index is 12.0. The van der Waals surface area contributed by atoms with Crippen LogP contribution >= 0.6 is 11.5 Å². The average molecular weight is 327 g/mol. The van der Waals surface area contributed by atoms with Gasteiger partial charge in [-0.15, -0.1) is 5.10 Å². The van der Waals surface area contributed by atoms with E-state index in [-0.39, 0.29) is 6.09 Å². The number of nitrogens with zero attached hydrogens (tertiary/aromatic N) is 4. The van der Waals surface area contributed by atoms with Crippen LogP contribution in [0.3, 0.4) is 0 Å². The number of hydrogen-bond acceptors (Lipinski definition) is 7. The molecule has 0 spiro atoms. The summed E-state index contributed by atoms with van der Waals surface area (Å²) in [7, 11) is 0. The van der Waals surface area contributed by atoms with Crippen molar-refractivity contribution in [2.24, 2.45) is 0 Å². The van der Waals surface area contributed by atoms with Crippen LogP contribution in [0, 0.1) is 0 Å². The summed E-state index contributed by atoms with van der Waals surface area (Å²) in [6.45, 7) is 11.5. The van der Waals surface area contributed by atoms with Crippen LogP contribution in [0.2, 0.25) is 0 Å². The van der Waals surface area contributed by atoms with Crippen LogP contribution < -0.4 is 5.32 Å². The van der Waals surface area contributed by atoms with Crippen LogP contribution in [0.5, 0.6) is 0 Å². The molecule has 2 rings (SSSR count). The van der Waals surface area contributed by atoms with Gasteiger partial charge in [-0.2, -0.15) is 0 Å². The highest BCUT2D eigenvalue weighted by Crippen LogP contribution is 2.11. The number of aromatic nitrogens is 2. The van der Waals surface area contributed by atoms with Crippen molar-refractivity contribution >= 4 is 17.6 Å².